The van der Waals surface area contributed by atoms with Crippen molar-refractivity contribution in [3.8, 4) is 5.75 Å². The van der Waals surface area contributed by atoms with Gasteiger partial charge in [0, 0.05) is 18.7 Å². The van der Waals surface area contributed by atoms with Crippen LogP contribution < -0.4 is 15.8 Å². The van der Waals surface area contributed by atoms with Crippen LogP contribution in [0.2, 0.25) is 0 Å². The average Bonchev–Trinajstić information content (AvgIpc) is 2.80. The molecule has 28 heavy (non-hydrogen) atoms. The Bertz CT molecular complexity index is 770. The molecule has 0 spiro atoms. The van der Waals surface area contributed by atoms with Crippen LogP contribution in [-0.4, -0.2) is 23.7 Å². The second-order valence-electron chi connectivity index (χ2n) is 7.29. The molecule has 1 aliphatic carbocycles. The molecular weight excluding hydrogens is 376 g/mol. The number of aliphatic hydroxyl groups is 1. The van der Waals surface area contributed by atoms with Crippen molar-refractivity contribution in [3.63, 3.8) is 0 Å². The smallest absolute Gasteiger partial charge is 0.221 e. The zero-order valence-corrected chi connectivity index (χ0v) is 17.0. The van der Waals surface area contributed by atoms with E-state index in [-0.39, 0.29) is 36.9 Å². The van der Waals surface area contributed by atoms with Crippen molar-refractivity contribution < 1.29 is 14.6 Å². The van der Waals surface area contributed by atoms with Crippen LogP contribution in [0.4, 0.5) is 5.69 Å². The van der Waals surface area contributed by atoms with Crippen molar-refractivity contribution in [1.29, 1.82) is 0 Å². The molecular formula is C22H29ClN2O3. The van der Waals surface area contributed by atoms with Gasteiger partial charge in [0.2, 0.25) is 5.91 Å². The van der Waals surface area contributed by atoms with E-state index in [1.807, 2.05) is 42.5 Å². The highest BCUT2D eigenvalue weighted by Gasteiger charge is 2.27. The van der Waals surface area contributed by atoms with Gasteiger partial charge >= 0.3 is 0 Å². The number of carbonyl (C=O) groups is 1. The van der Waals surface area contributed by atoms with Crippen LogP contribution in [0.1, 0.15) is 43.4 Å². The summed E-state index contributed by atoms with van der Waals surface area (Å²) in [6.45, 7) is 1.75. The number of aliphatic hydroxyl groups excluding tert-OH is 1. The Kier molecular flexibility index (Phi) is 8.30. The predicted octanol–water partition coefficient (Wildman–Crippen LogP) is 3.85. The number of hydrogen-bond donors (Lipinski definition) is 3. The van der Waals surface area contributed by atoms with Crippen molar-refractivity contribution in [2.24, 2.45) is 11.7 Å². The molecule has 6 heteroatoms. The molecule has 2 unspecified atom stereocenters. The summed E-state index contributed by atoms with van der Waals surface area (Å²) < 4.78 is 5.67. The molecule has 152 valence electrons. The Hall–Kier alpha value is -2.08. The van der Waals surface area contributed by atoms with Gasteiger partial charge in [-0.15, -0.1) is 12.4 Å². The maximum Gasteiger partial charge on any atom is 0.221 e. The highest BCUT2D eigenvalue weighted by atomic mass is 35.5. The predicted molar refractivity (Wildman–Crippen MR) is 114 cm³/mol. The standard InChI is InChI=1S/C22H28N2O3.ClH/c1-15(25)24-18-11-10-16-6-5-7-17(22(23)21(16)13-18)12-19(26)14-27-20-8-3-2-4-9-20;/h2-4,8-11,13,17,19,22,26H,5-7,12,14,23H2,1H3,(H,24,25);1H/t17?,19-,22?;/m0./s1. The van der Waals surface area contributed by atoms with E-state index in [4.69, 9.17) is 10.5 Å². The summed E-state index contributed by atoms with van der Waals surface area (Å²) in [7, 11) is 0. The van der Waals surface area contributed by atoms with E-state index in [0.717, 1.165) is 36.3 Å². The number of fused-ring (bicyclic) bond motifs is 1. The van der Waals surface area contributed by atoms with Crippen molar-refractivity contribution in [2.45, 2.75) is 44.8 Å². The van der Waals surface area contributed by atoms with Gasteiger partial charge in [-0.2, -0.15) is 0 Å². The Morgan fingerprint density at radius 1 is 1.29 bits per heavy atom. The zero-order valence-electron chi connectivity index (χ0n) is 16.1. The number of benzene rings is 2. The van der Waals surface area contributed by atoms with Crippen LogP contribution >= 0.6 is 12.4 Å². The lowest BCUT2D eigenvalue weighted by Crippen LogP contribution is -2.28. The second kappa shape index (κ2) is 10.5. The lowest BCUT2D eigenvalue weighted by molar-refractivity contribution is -0.114. The largest absolute Gasteiger partial charge is 0.491 e. The van der Waals surface area contributed by atoms with E-state index in [9.17, 15) is 9.90 Å². The van der Waals surface area contributed by atoms with Gasteiger partial charge in [0.1, 0.15) is 12.4 Å². The highest BCUT2D eigenvalue weighted by Crippen LogP contribution is 2.35. The normalized spacial score (nSPS) is 19.5. The van der Waals surface area contributed by atoms with E-state index in [1.54, 1.807) is 0 Å². The highest BCUT2D eigenvalue weighted by molar-refractivity contribution is 5.88. The fourth-order valence-electron chi connectivity index (χ4n) is 3.79. The number of anilines is 1. The number of para-hydroxylation sites is 1. The summed E-state index contributed by atoms with van der Waals surface area (Å²) in [4.78, 5) is 11.3. The van der Waals surface area contributed by atoms with Crippen LogP contribution in [-0.2, 0) is 11.2 Å². The fraction of sp³-hybridized carbons (Fsp3) is 0.409. The van der Waals surface area contributed by atoms with Crippen molar-refractivity contribution >= 4 is 24.0 Å². The van der Waals surface area contributed by atoms with E-state index in [2.05, 4.69) is 11.4 Å². The molecule has 1 amide bonds. The Labute approximate surface area is 172 Å². The summed E-state index contributed by atoms with van der Waals surface area (Å²) in [5.41, 5.74) is 9.65. The van der Waals surface area contributed by atoms with E-state index < -0.39 is 6.10 Å². The van der Waals surface area contributed by atoms with Gasteiger partial charge in [0.25, 0.3) is 0 Å². The van der Waals surface area contributed by atoms with Gasteiger partial charge in [-0.3, -0.25) is 4.79 Å². The van der Waals surface area contributed by atoms with E-state index in [1.165, 1.54) is 12.5 Å². The van der Waals surface area contributed by atoms with Gasteiger partial charge in [-0.05, 0) is 67.0 Å². The third-order valence-corrected chi connectivity index (χ3v) is 5.11. The molecule has 0 aromatic heterocycles. The molecule has 0 bridgehead atoms. The third-order valence-electron chi connectivity index (χ3n) is 5.11. The lowest BCUT2D eigenvalue weighted by atomic mass is 9.87. The molecule has 1 aliphatic rings. The lowest BCUT2D eigenvalue weighted by Gasteiger charge is -2.25. The van der Waals surface area contributed by atoms with Gasteiger partial charge in [-0.25, -0.2) is 0 Å². The summed E-state index contributed by atoms with van der Waals surface area (Å²) in [6.07, 6.45) is 3.00. The van der Waals surface area contributed by atoms with E-state index >= 15 is 0 Å². The number of carbonyl (C=O) groups excluding carboxylic acids is 1. The average molecular weight is 405 g/mol. The number of hydrogen-bond acceptors (Lipinski definition) is 4. The van der Waals surface area contributed by atoms with Gasteiger partial charge < -0.3 is 20.9 Å². The number of halogens is 1. The molecule has 0 saturated carbocycles. The monoisotopic (exact) mass is 404 g/mol. The minimum Gasteiger partial charge on any atom is -0.491 e. The second-order valence-corrected chi connectivity index (χ2v) is 7.29. The zero-order chi connectivity index (χ0) is 19.2. The Morgan fingerprint density at radius 2 is 2.04 bits per heavy atom. The first-order valence-corrected chi connectivity index (χ1v) is 9.55. The molecule has 0 saturated heterocycles. The van der Waals surface area contributed by atoms with Gasteiger partial charge in [0.05, 0.1) is 6.10 Å². The first kappa shape index (κ1) is 22.2. The minimum atomic E-state index is -0.568. The molecule has 0 radical (unpaired) electrons. The van der Waals surface area contributed by atoms with E-state index in [0.29, 0.717) is 6.42 Å². The molecule has 0 heterocycles. The number of ether oxygens (including phenoxy) is 1. The molecule has 3 rings (SSSR count). The van der Waals surface area contributed by atoms with Crippen molar-refractivity contribution in [2.75, 3.05) is 11.9 Å². The van der Waals surface area contributed by atoms with Crippen LogP contribution in [0, 0.1) is 5.92 Å². The number of aryl methyl sites for hydroxylation is 1. The maximum absolute atomic E-state index is 11.3. The van der Waals surface area contributed by atoms with Gasteiger partial charge in [-0.1, -0.05) is 24.3 Å². The molecule has 2 aromatic carbocycles. The molecule has 0 fully saturated rings. The summed E-state index contributed by atoms with van der Waals surface area (Å²) in [6, 6.07) is 15.3. The quantitative estimate of drug-likeness (QED) is 0.638. The number of rotatable bonds is 6. The maximum atomic E-state index is 11.3. The minimum absolute atomic E-state index is 0. The van der Waals surface area contributed by atoms with Crippen molar-refractivity contribution in [1.82, 2.24) is 0 Å². The Balaban J connectivity index is 0.00000280. The van der Waals surface area contributed by atoms with Crippen LogP contribution in [0.25, 0.3) is 0 Å². The summed E-state index contributed by atoms with van der Waals surface area (Å²) in [5, 5.41) is 13.3. The Morgan fingerprint density at radius 3 is 2.75 bits per heavy atom. The molecule has 0 aliphatic heterocycles. The SMILES string of the molecule is CC(=O)Nc1ccc2c(c1)C(N)C(C[C@H](O)COc1ccccc1)CCC2.Cl. The topological polar surface area (TPSA) is 84.6 Å². The summed E-state index contributed by atoms with van der Waals surface area (Å²) in [5.74, 6) is 0.836. The number of amides is 1. The first-order chi connectivity index (χ1) is 13.0. The van der Waals surface area contributed by atoms with Gasteiger partial charge in [0.15, 0.2) is 0 Å². The van der Waals surface area contributed by atoms with Crippen LogP contribution in [0.5, 0.6) is 5.75 Å². The fourth-order valence-corrected chi connectivity index (χ4v) is 3.79. The molecule has 3 atom stereocenters. The summed E-state index contributed by atoms with van der Waals surface area (Å²) >= 11 is 0. The van der Waals surface area contributed by atoms with Crippen LogP contribution in [0.3, 0.4) is 0 Å². The number of nitrogens with two attached hydrogens (primary N) is 1. The number of nitrogens with one attached hydrogen (secondary N) is 1. The third kappa shape index (κ3) is 5.96. The molecule has 2 aromatic rings. The van der Waals surface area contributed by atoms with Crippen molar-refractivity contribution in [3.05, 3.63) is 59.7 Å². The molecule has 5 nitrogen and oxygen atoms in total. The molecule has 4 N–H and O–H groups in total. The first-order valence-electron chi connectivity index (χ1n) is 9.55. The van der Waals surface area contributed by atoms with Crippen LogP contribution in [0.15, 0.2) is 48.5 Å².